The molecule has 0 amide bonds. The summed E-state index contributed by atoms with van der Waals surface area (Å²) >= 11 is 4.97. The molecule has 1 aromatic heterocycles. The monoisotopic (exact) mass is 315 g/mol. The van der Waals surface area contributed by atoms with Gasteiger partial charge in [0, 0.05) is 5.69 Å². The fourth-order valence-corrected chi connectivity index (χ4v) is 2.90. The van der Waals surface area contributed by atoms with Gasteiger partial charge in [-0.05, 0) is 50.2 Å². The Kier molecular flexibility index (Phi) is 3.35. The van der Waals surface area contributed by atoms with Crippen LogP contribution in [0.4, 0.5) is 19.0 Å². The Bertz CT molecular complexity index is 594. The van der Waals surface area contributed by atoms with E-state index < -0.39 is 11.7 Å². The molecule has 2 aliphatic carbocycles. The summed E-state index contributed by atoms with van der Waals surface area (Å²) < 4.78 is 39.3. The van der Waals surface area contributed by atoms with Crippen LogP contribution < -0.4 is 11.1 Å². The predicted molar refractivity (Wildman–Crippen MR) is 78.4 cm³/mol. The predicted octanol–water partition coefficient (Wildman–Crippen LogP) is 3.10. The number of rotatable bonds is 3. The summed E-state index contributed by atoms with van der Waals surface area (Å²) in [5.41, 5.74) is 6.14. The highest BCUT2D eigenvalue weighted by molar-refractivity contribution is 7.80. The number of anilines is 1. The second-order valence-corrected chi connectivity index (χ2v) is 6.21. The van der Waals surface area contributed by atoms with Gasteiger partial charge in [-0.1, -0.05) is 12.2 Å². The zero-order chi connectivity index (χ0) is 15.3. The number of hydrogen-bond donors (Lipinski definition) is 2. The highest BCUT2D eigenvalue weighted by Gasteiger charge is 2.64. The number of thiocarbonyl (C=S) groups is 1. The fraction of sp³-hybridized carbons (Fsp3) is 0.571. The minimum atomic E-state index is -4.29. The van der Waals surface area contributed by atoms with E-state index in [-0.39, 0.29) is 23.6 Å². The summed E-state index contributed by atoms with van der Waals surface area (Å²) in [4.78, 5) is 4.47. The van der Waals surface area contributed by atoms with Gasteiger partial charge in [-0.2, -0.15) is 13.2 Å². The van der Waals surface area contributed by atoms with Crippen LogP contribution in [0.5, 0.6) is 0 Å². The highest BCUT2D eigenvalue weighted by Crippen LogP contribution is 2.51. The second-order valence-electron chi connectivity index (χ2n) is 5.77. The summed E-state index contributed by atoms with van der Waals surface area (Å²) in [6, 6.07) is 1.80. The number of pyridine rings is 1. The third kappa shape index (κ3) is 2.59. The van der Waals surface area contributed by atoms with E-state index in [2.05, 4.69) is 10.3 Å². The minimum absolute atomic E-state index is 0.0615. The fourth-order valence-electron chi connectivity index (χ4n) is 2.75. The molecular formula is C14H16F3N3S. The zero-order valence-corrected chi connectivity index (χ0v) is 12.2. The molecule has 3 rings (SSSR count). The molecule has 0 spiro atoms. The van der Waals surface area contributed by atoms with Gasteiger partial charge in [0.05, 0.1) is 5.56 Å². The van der Waals surface area contributed by atoms with Crippen LogP contribution in [0.1, 0.15) is 42.5 Å². The van der Waals surface area contributed by atoms with Crippen LogP contribution in [0.3, 0.4) is 0 Å². The maximum atomic E-state index is 13.1. The first-order valence-corrected chi connectivity index (χ1v) is 7.41. The first kappa shape index (κ1) is 14.6. The molecule has 0 aliphatic heterocycles. The quantitative estimate of drug-likeness (QED) is 0.842. The molecule has 0 atom stereocenters. The van der Waals surface area contributed by atoms with Crippen LogP contribution in [0, 0.1) is 0 Å². The average molecular weight is 315 g/mol. The molecule has 7 heteroatoms. The van der Waals surface area contributed by atoms with Crippen molar-refractivity contribution < 1.29 is 13.2 Å². The van der Waals surface area contributed by atoms with Gasteiger partial charge < -0.3 is 11.1 Å². The first-order chi connectivity index (χ1) is 9.82. The van der Waals surface area contributed by atoms with E-state index in [9.17, 15) is 13.2 Å². The first-order valence-electron chi connectivity index (χ1n) is 7.00. The Morgan fingerprint density at radius 2 is 1.95 bits per heavy atom. The molecule has 1 aromatic rings. The van der Waals surface area contributed by atoms with Crippen molar-refractivity contribution in [3.63, 3.8) is 0 Å². The molecule has 0 radical (unpaired) electrons. The topological polar surface area (TPSA) is 50.9 Å². The van der Waals surface area contributed by atoms with Crippen molar-refractivity contribution in [3.05, 3.63) is 22.9 Å². The van der Waals surface area contributed by atoms with Crippen LogP contribution in [0.15, 0.2) is 6.07 Å². The van der Waals surface area contributed by atoms with Crippen LogP contribution in [0.2, 0.25) is 0 Å². The van der Waals surface area contributed by atoms with Gasteiger partial charge in [0.15, 0.2) is 0 Å². The third-order valence-electron chi connectivity index (χ3n) is 4.22. The summed E-state index contributed by atoms with van der Waals surface area (Å²) in [6.07, 6.45) is -0.430. The molecule has 0 unspecified atom stereocenters. The average Bonchev–Trinajstić information content (AvgIpc) is 3.18. The lowest BCUT2D eigenvalue weighted by molar-refractivity contribution is -0.151. The van der Waals surface area contributed by atoms with Gasteiger partial charge in [-0.3, -0.25) is 0 Å². The van der Waals surface area contributed by atoms with Crippen LogP contribution in [-0.2, 0) is 12.8 Å². The summed E-state index contributed by atoms with van der Waals surface area (Å²) in [5, 5.41) is 2.57. The van der Waals surface area contributed by atoms with Crippen molar-refractivity contribution in [1.29, 1.82) is 0 Å². The van der Waals surface area contributed by atoms with E-state index in [1.165, 1.54) is 0 Å². The summed E-state index contributed by atoms with van der Waals surface area (Å²) in [7, 11) is 0. The Morgan fingerprint density at radius 1 is 1.29 bits per heavy atom. The van der Waals surface area contributed by atoms with Crippen LogP contribution in [-0.4, -0.2) is 21.7 Å². The van der Waals surface area contributed by atoms with Crippen molar-refractivity contribution in [2.24, 2.45) is 5.73 Å². The molecule has 1 fully saturated rings. The number of alkyl halides is 3. The number of aromatic nitrogens is 1. The number of hydrogen-bond acceptors (Lipinski definition) is 3. The Morgan fingerprint density at radius 3 is 2.52 bits per heavy atom. The minimum Gasteiger partial charge on any atom is -0.389 e. The molecule has 2 aliphatic rings. The zero-order valence-electron chi connectivity index (χ0n) is 11.4. The number of halogens is 3. The molecule has 0 aromatic carbocycles. The number of aryl methyl sites for hydroxylation is 2. The second kappa shape index (κ2) is 4.83. The van der Waals surface area contributed by atoms with E-state index in [0.29, 0.717) is 5.56 Å². The van der Waals surface area contributed by atoms with Gasteiger partial charge in [-0.25, -0.2) is 4.98 Å². The maximum absolute atomic E-state index is 13.1. The number of nitrogens with one attached hydrogen (secondary N) is 1. The van der Waals surface area contributed by atoms with Gasteiger partial charge in [0.2, 0.25) is 0 Å². The Labute approximate surface area is 126 Å². The molecule has 114 valence electrons. The molecule has 0 saturated heterocycles. The largest absolute Gasteiger partial charge is 0.411 e. The lowest BCUT2D eigenvalue weighted by Crippen LogP contribution is -2.39. The highest BCUT2D eigenvalue weighted by atomic mass is 32.1. The lowest BCUT2D eigenvalue weighted by atomic mass is 9.94. The normalized spacial score (nSPS) is 19.8. The smallest absolute Gasteiger partial charge is 0.389 e. The molecular weight excluding hydrogens is 299 g/mol. The number of nitrogens with zero attached hydrogens (tertiary/aromatic N) is 1. The van der Waals surface area contributed by atoms with E-state index in [4.69, 9.17) is 18.0 Å². The van der Waals surface area contributed by atoms with Crippen molar-refractivity contribution in [2.75, 3.05) is 5.32 Å². The Hall–Kier alpha value is -1.37. The molecule has 3 nitrogen and oxygen atoms in total. The van der Waals surface area contributed by atoms with Crippen molar-refractivity contribution >= 4 is 23.0 Å². The van der Waals surface area contributed by atoms with Gasteiger partial charge in [0.1, 0.15) is 16.3 Å². The van der Waals surface area contributed by atoms with E-state index in [1.54, 1.807) is 6.07 Å². The van der Waals surface area contributed by atoms with Gasteiger partial charge in [0.25, 0.3) is 0 Å². The van der Waals surface area contributed by atoms with Crippen LogP contribution >= 0.6 is 12.2 Å². The van der Waals surface area contributed by atoms with Crippen molar-refractivity contribution in [2.45, 2.75) is 50.2 Å². The summed E-state index contributed by atoms with van der Waals surface area (Å²) in [5.74, 6) is 0.179. The maximum Gasteiger partial charge on any atom is 0.411 e. The SMILES string of the molecule is NC(=S)c1cc2c(nc1NC1(C(F)(F)F)CC1)CCCC2. The molecule has 1 saturated carbocycles. The standard InChI is InChI=1S/C14H16F3N3S/c15-14(16,17)13(5-6-13)20-12-9(11(18)21)7-8-3-1-2-4-10(8)19-12/h7H,1-6H2,(H2,18,21)(H,19,20). The molecule has 21 heavy (non-hydrogen) atoms. The molecule has 3 N–H and O–H groups in total. The number of nitrogens with two attached hydrogens (primary N) is 1. The van der Waals surface area contributed by atoms with Crippen molar-refractivity contribution in [1.82, 2.24) is 4.98 Å². The third-order valence-corrected chi connectivity index (χ3v) is 4.44. The summed E-state index contributed by atoms with van der Waals surface area (Å²) in [6.45, 7) is 0. The van der Waals surface area contributed by atoms with Gasteiger partial charge >= 0.3 is 6.18 Å². The van der Waals surface area contributed by atoms with Crippen LogP contribution in [0.25, 0.3) is 0 Å². The van der Waals surface area contributed by atoms with Crippen molar-refractivity contribution in [3.8, 4) is 0 Å². The number of fused-ring (bicyclic) bond motifs is 1. The van der Waals surface area contributed by atoms with E-state index >= 15 is 0 Å². The lowest BCUT2D eigenvalue weighted by Gasteiger charge is -2.25. The molecule has 0 bridgehead atoms. The Balaban J connectivity index is 1.99. The van der Waals surface area contributed by atoms with Gasteiger partial charge in [-0.15, -0.1) is 0 Å². The van der Waals surface area contributed by atoms with E-state index in [0.717, 1.165) is 36.9 Å². The molecule has 1 heterocycles. The van der Waals surface area contributed by atoms with E-state index in [1.807, 2.05) is 0 Å².